The van der Waals surface area contributed by atoms with Crippen LogP contribution in [0.3, 0.4) is 0 Å². The van der Waals surface area contributed by atoms with E-state index in [9.17, 15) is 4.79 Å². The van der Waals surface area contributed by atoms with Crippen LogP contribution in [0.5, 0.6) is 0 Å². The summed E-state index contributed by atoms with van der Waals surface area (Å²) in [6.07, 6.45) is 9.22. The smallest absolute Gasteiger partial charge is 0.220 e. The van der Waals surface area contributed by atoms with E-state index in [0.717, 1.165) is 70.9 Å². The van der Waals surface area contributed by atoms with Crippen molar-refractivity contribution in [1.82, 2.24) is 15.5 Å². The summed E-state index contributed by atoms with van der Waals surface area (Å²) in [5.41, 5.74) is 5.66. The molecule has 0 unspecified atom stereocenters. The zero-order valence-electron chi connectivity index (χ0n) is 18.9. The van der Waals surface area contributed by atoms with E-state index in [0.29, 0.717) is 0 Å². The van der Waals surface area contributed by atoms with E-state index >= 15 is 0 Å². The van der Waals surface area contributed by atoms with E-state index in [-0.39, 0.29) is 17.2 Å². The predicted octanol–water partition coefficient (Wildman–Crippen LogP) is 3.13. The molecule has 0 atom stereocenters. The Morgan fingerprint density at radius 1 is 1.11 bits per heavy atom. The van der Waals surface area contributed by atoms with Gasteiger partial charge >= 0.3 is 0 Å². The van der Waals surface area contributed by atoms with Gasteiger partial charge in [0.15, 0.2) is 5.96 Å². The van der Waals surface area contributed by atoms with Crippen molar-refractivity contribution in [2.75, 3.05) is 39.3 Å². The van der Waals surface area contributed by atoms with E-state index < -0.39 is 0 Å². The molecule has 0 spiro atoms. The number of rotatable bonds is 13. The number of guanidine groups is 1. The van der Waals surface area contributed by atoms with Gasteiger partial charge in [-0.25, -0.2) is 0 Å². The van der Waals surface area contributed by atoms with E-state index in [1.165, 1.54) is 25.7 Å². The highest BCUT2D eigenvalue weighted by atomic mass is 16.1. The predicted molar refractivity (Wildman–Crippen MR) is 119 cm³/mol. The lowest BCUT2D eigenvalue weighted by Gasteiger charge is -2.30. The van der Waals surface area contributed by atoms with Crippen molar-refractivity contribution in [3.8, 4) is 0 Å². The maximum atomic E-state index is 11.2. The first kappa shape index (κ1) is 24.7. The normalized spacial score (nSPS) is 16.9. The highest BCUT2D eigenvalue weighted by molar-refractivity contribution is 5.79. The van der Waals surface area contributed by atoms with Gasteiger partial charge in [0.05, 0.1) is 0 Å². The number of likely N-dealkylation sites (tertiary alicyclic amines) is 1. The summed E-state index contributed by atoms with van der Waals surface area (Å²) >= 11 is 0. The Balaban J connectivity index is 2.23. The molecule has 6 nitrogen and oxygen atoms in total. The Morgan fingerprint density at radius 3 is 2.43 bits per heavy atom. The maximum Gasteiger partial charge on any atom is 0.220 e. The summed E-state index contributed by atoms with van der Waals surface area (Å²) in [4.78, 5) is 18.5. The number of nitrogens with two attached hydrogens (primary N) is 1. The van der Waals surface area contributed by atoms with Gasteiger partial charge in [0.2, 0.25) is 5.91 Å². The lowest BCUT2D eigenvalue weighted by atomic mass is 9.87. The molecule has 28 heavy (non-hydrogen) atoms. The standard InChI is InChI=1S/C22H45N5O/c1-5-7-8-13-22(3,4)18-26-21(24-6-2)25-14-9-10-15-27-16-11-19(12-17-27)20(23)28/h19H,5-18H2,1-4H3,(H2,23,28)(H2,24,25,26). The Kier molecular flexibility index (Phi) is 12.2. The van der Waals surface area contributed by atoms with Crippen LogP contribution in [0.2, 0.25) is 0 Å². The van der Waals surface area contributed by atoms with Crippen molar-refractivity contribution in [3.05, 3.63) is 0 Å². The summed E-state index contributed by atoms with van der Waals surface area (Å²) in [7, 11) is 0. The molecule has 4 N–H and O–H groups in total. The minimum Gasteiger partial charge on any atom is -0.369 e. The monoisotopic (exact) mass is 395 g/mol. The van der Waals surface area contributed by atoms with E-state index in [2.05, 4.69) is 43.2 Å². The molecule has 1 heterocycles. The molecule has 1 rings (SSSR count). The van der Waals surface area contributed by atoms with Crippen molar-refractivity contribution in [3.63, 3.8) is 0 Å². The fraction of sp³-hybridized carbons (Fsp3) is 0.909. The van der Waals surface area contributed by atoms with Crippen molar-refractivity contribution in [2.24, 2.45) is 22.1 Å². The molecule has 164 valence electrons. The van der Waals surface area contributed by atoms with Crippen LogP contribution in [0.25, 0.3) is 0 Å². The minimum atomic E-state index is -0.132. The van der Waals surface area contributed by atoms with Crippen LogP contribution in [-0.4, -0.2) is 56.0 Å². The van der Waals surface area contributed by atoms with Crippen LogP contribution in [0, 0.1) is 11.3 Å². The number of hydrogen-bond acceptors (Lipinski definition) is 3. The largest absolute Gasteiger partial charge is 0.369 e. The van der Waals surface area contributed by atoms with Crippen LogP contribution in [0.4, 0.5) is 0 Å². The Bertz CT molecular complexity index is 456. The second-order valence-corrected chi connectivity index (χ2v) is 8.97. The fourth-order valence-electron chi connectivity index (χ4n) is 3.68. The van der Waals surface area contributed by atoms with Crippen molar-refractivity contribution in [2.45, 2.75) is 79.1 Å². The quantitative estimate of drug-likeness (QED) is 0.254. The second kappa shape index (κ2) is 13.8. The van der Waals surface area contributed by atoms with Gasteiger partial charge in [0.25, 0.3) is 0 Å². The highest BCUT2D eigenvalue weighted by Crippen LogP contribution is 2.24. The van der Waals surface area contributed by atoms with Gasteiger partial charge < -0.3 is 21.3 Å². The molecule has 0 radical (unpaired) electrons. The second-order valence-electron chi connectivity index (χ2n) is 8.97. The molecule has 1 saturated heterocycles. The fourth-order valence-corrected chi connectivity index (χ4v) is 3.68. The van der Waals surface area contributed by atoms with Gasteiger partial charge in [0.1, 0.15) is 0 Å². The lowest BCUT2D eigenvalue weighted by Crippen LogP contribution is -2.40. The lowest BCUT2D eigenvalue weighted by molar-refractivity contribution is -0.123. The third-order valence-electron chi connectivity index (χ3n) is 5.65. The zero-order valence-corrected chi connectivity index (χ0v) is 18.9. The molecule has 0 aliphatic carbocycles. The topological polar surface area (TPSA) is 82.8 Å². The molecule has 1 fully saturated rings. The van der Waals surface area contributed by atoms with Crippen LogP contribution in [-0.2, 0) is 4.79 Å². The molecule has 0 saturated carbocycles. The van der Waals surface area contributed by atoms with Gasteiger partial charge in [-0.2, -0.15) is 0 Å². The third kappa shape index (κ3) is 10.9. The molecule has 1 amide bonds. The first-order valence-electron chi connectivity index (χ1n) is 11.4. The molecular formula is C22H45N5O. The van der Waals surface area contributed by atoms with E-state index in [4.69, 9.17) is 10.7 Å². The highest BCUT2D eigenvalue weighted by Gasteiger charge is 2.22. The molecule has 0 aromatic rings. The number of piperidine rings is 1. The Hall–Kier alpha value is -1.30. The zero-order chi connectivity index (χ0) is 20.8. The molecule has 1 aliphatic rings. The number of primary amides is 1. The van der Waals surface area contributed by atoms with Crippen molar-refractivity contribution >= 4 is 11.9 Å². The van der Waals surface area contributed by atoms with Crippen LogP contribution >= 0.6 is 0 Å². The number of nitrogens with zero attached hydrogens (tertiary/aromatic N) is 2. The molecule has 0 aromatic carbocycles. The number of carbonyl (C=O) groups excluding carboxylic acids is 1. The number of carbonyl (C=O) groups is 1. The third-order valence-corrected chi connectivity index (χ3v) is 5.65. The SMILES string of the molecule is CCCCCC(C)(C)CN=C(NCC)NCCCCN1CCC(C(N)=O)CC1. The van der Waals surface area contributed by atoms with Crippen LogP contribution < -0.4 is 16.4 Å². The van der Waals surface area contributed by atoms with Crippen LogP contribution in [0.15, 0.2) is 4.99 Å². The number of aliphatic imine (C=N–C) groups is 1. The Morgan fingerprint density at radius 2 is 1.82 bits per heavy atom. The van der Waals surface area contributed by atoms with Crippen molar-refractivity contribution in [1.29, 1.82) is 0 Å². The minimum absolute atomic E-state index is 0.0861. The molecular weight excluding hydrogens is 350 g/mol. The first-order chi connectivity index (χ1) is 13.4. The molecule has 1 aliphatic heterocycles. The maximum absolute atomic E-state index is 11.2. The average molecular weight is 396 g/mol. The van der Waals surface area contributed by atoms with Crippen LogP contribution in [0.1, 0.15) is 79.1 Å². The number of amides is 1. The summed E-state index contributed by atoms with van der Waals surface area (Å²) in [5, 5.41) is 6.84. The molecule has 6 heteroatoms. The number of nitrogens with one attached hydrogen (secondary N) is 2. The summed E-state index contributed by atoms with van der Waals surface area (Å²) < 4.78 is 0. The van der Waals surface area contributed by atoms with E-state index in [1.54, 1.807) is 0 Å². The first-order valence-corrected chi connectivity index (χ1v) is 11.4. The summed E-state index contributed by atoms with van der Waals surface area (Å²) in [6.45, 7) is 14.8. The van der Waals surface area contributed by atoms with Gasteiger partial charge in [0, 0.05) is 25.6 Å². The number of hydrogen-bond donors (Lipinski definition) is 3. The van der Waals surface area contributed by atoms with Gasteiger partial charge in [-0.15, -0.1) is 0 Å². The van der Waals surface area contributed by atoms with E-state index in [1.807, 2.05) is 0 Å². The average Bonchev–Trinajstić information content (AvgIpc) is 2.66. The molecule has 0 aromatic heterocycles. The van der Waals surface area contributed by atoms with Crippen molar-refractivity contribution < 1.29 is 4.79 Å². The summed E-state index contributed by atoms with van der Waals surface area (Å²) in [6, 6.07) is 0. The van der Waals surface area contributed by atoms with Gasteiger partial charge in [-0.05, 0) is 64.1 Å². The van der Waals surface area contributed by atoms with Gasteiger partial charge in [-0.3, -0.25) is 9.79 Å². The number of unbranched alkanes of at least 4 members (excludes halogenated alkanes) is 3. The molecule has 0 bridgehead atoms. The van der Waals surface area contributed by atoms with Gasteiger partial charge in [-0.1, -0.05) is 40.0 Å². The summed E-state index contributed by atoms with van der Waals surface area (Å²) in [5.74, 6) is 0.893. The Labute approximate surface area is 173 Å².